The first kappa shape index (κ1) is 60.6. The molecule has 0 amide bonds. The Morgan fingerprint density at radius 3 is 0.417 bits per heavy atom. The molecule has 0 N–H and O–H groups in total. The van der Waals surface area contributed by atoms with E-state index in [1.54, 1.807) is 0 Å². The summed E-state index contributed by atoms with van der Waals surface area (Å²) in [6.45, 7) is 9.45. The third kappa shape index (κ3) is 10.7. The first-order valence-electron chi connectivity index (χ1n) is 33.6. The first-order chi connectivity index (χ1) is 47.2. The van der Waals surface area contributed by atoms with Gasteiger partial charge in [0.25, 0.3) is 0 Å². The SMILES string of the molecule is CC(c1ccccc1)(c1ccccc1)c1ccc(N(c2ccc(C(C)(c3ccccc3)c3ccccc3)cc2)c2c3ccccc3c(N(c3ccc(C(C)(c4ccccc4)c4ccccc4)cc3)c3ccc(C(C)(c4ccccc4)c4ccccc4)cc3)c3ccccc23)cc1. The molecule has 15 aromatic carbocycles. The Morgan fingerprint density at radius 2 is 0.271 bits per heavy atom. The van der Waals surface area contributed by atoms with Gasteiger partial charge >= 0.3 is 0 Å². The van der Waals surface area contributed by atoms with Crippen LogP contribution in [0.1, 0.15) is 94.5 Å². The summed E-state index contributed by atoms with van der Waals surface area (Å²) in [5.74, 6) is 0. The molecule has 462 valence electrons. The van der Waals surface area contributed by atoms with Gasteiger partial charge in [-0.05, 0) is 143 Å². The fourth-order valence-electron chi connectivity index (χ4n) is 15.3. The van der Waals surface area contributed by atoms with E-state index in [1.807, 2.05) is 0 Å². The second kappa shape index (κ2) is 25.7. The molecule has 15 aromatic rings. The summed E-state index contributed by atoms with van der Waals surface area (Å²) in [4.78, 5) is 5.03. The monoisotopic (exact) mass is 1230 g/mol. The van der Waals surface area contributed by atoms with E-state index >= 15 is 0 Å². The van der Waals surface area contributed by atoms with Gasteiger partial charge in [0.2, 0.25) is 0 Å². The minimum Gasteiger partial charge on any atom is -0.309 e. The van der Waals surface area contributed by atoms with Crippen molar-refractivity contribution in [2.24, 2.45) is 0 Å². The molecule has 0 saturated heterocycles. The van der Waals surface area contributed by atoms with Gasteiger partial charge in [-0.1, -0.05) is 340 Å². The maximum absolute atomic E-state index is 2.52. The van der Waals surface area contributed by atoms with Crippen LogP contribution in [-0.2, 0) is 21.7 Å². The van der Waals surface area contributed by atoms with Crippen LogP contribution in [0.25, 0.3) is 21.5 Å². The lowest BCUT2D eigenvalue weighted by molar-refractivity contribution is 0.692. The number of rotatable bonds is 18. The van der Waals surface area contributed by atoms with E-state index in [0.29, 0.717) is 0 Å². The molecule has 0 bridgehead atoms. The van der Waals surface area contributed by atoms with Crippen LogP contribution in [0.2, 0.25) is 0 Å². The van der Waals surface area contributed by atoms with Crippen molar-refractivity contribution in [3.63, 3.8) is 0 Å². The van der Waals surface area contributed by atoms with Gasteiger partial charge in [-0.2, -0.15) is 0 Å². The maximum atomic E-state index is 2.52. The first-order valence-corrected chi connectivity index (χ1v) is 33.6. The van der Waals surface area contributed by atoms with Crippen molar-refractivity contribution in [1.29, 1.82) is 0 Å². The summed E-state index contributed by atoms with van der Waals surface area (Å²) in [5.41, 5.74) is 19.4. The van der Waals surface area contributed by atoms with Gasteiger partial charge in [-0.3, -0.25) is 0 Å². The molecule has 2 heteroatoms. The predicted molar refractivity (Wildman–Crippen MR) is 405 cm³/mol. The molecule has 0 saturated carbocycles. The van der Waals surface area contributed by atoms with Gasteiger partial charge in [0.05, 0.1) is 11.4 Å². The number of nitrogens with zero attached hydrogens (tertiary/aromatic N) is 2. The molecular weight excluding hydrogens is 1160 g/mol. The van der Waals surface area contributed by atoms with Crippen LogP contribution in [-0.4, -0.2) is 0 Å². The van der Waals surface area contributed by atoms with Crippen molar-refractivity contribution in [3.8, 4) is 0 Å². The summed E-state index contributed by atoms with van der Waals surface area (Å²) in [5, 5.41) is 4.48. The zero-order valence-corrected chi connectivity index (χ0v) is 54.8. The highest BCUT2D eigenvalue weighted by atomic mass is 15.2. The molecule has 0 aliphatic rings. The lowest BCUT2D eigenvalue weighted by Crippen LogP contribution is -2.25. The van der Waals surface area contributed by atoms with E-state index in [-0.39, 0.29) is 0 Å². The molecule has 2 nitrogen and oxygen atoms in total. The number of anilines is 6. The summed E-state index contributed by atoms with van der Waals surface area (Å²) >= 11 is 0. The van der Waals surface area contributed by atoms with Crippen LogP contribution >= 0.6 is 0 Å². The minimum atomic E-state index is -0.433. The smallest absolute Gasteiger partial charge is 0.0619 e. The van der Waals surface area contributed by atoms with Crippen molar-refractivity contribution in [3.05, 3.63) is 455 Å². The highest BCUT2D eigenvalue weighted by Crippen LogP contribution is 2.53. The van der Waals surface area contributed by atoms with E-state index in [9.17, 15) is 0 Å². The highest BCUT2D eigenvalue weighted by molar-refractivity contribution is 6.23. The van der Waals surface area contributed by atoms with E-state index in [2.05, 4.69) is 426 Å². The molecule has 0 unspecified atom stereocenters. The summed E-state index contributed by atoms with van der Waals surface area (Å²) in [6.07, 6.45) is 0. The van der Waals surface area contributed by atoms with Crippen molar-refractivity contribution in [2.75, 3.05) is 9.80 Å². The third-order valence-electron chi connectivity index (χ3n) is 20.9. The topological polar surface area (TPSA) is 6.48 Å². The van der Waals surface area contributed by atoms with E-state index in [4.69, 9.17) is 0 Å². The van der Waals surface area contributed by atoms with Crippen LogP contribution < -0.4 is 9.80 Å². The van der Waals surface area contributed by atoms with Crippen molar-refractivity contribution in [1.82, 2.24) is 0 Å². The molecular formula is C94H76N2. The van der Waals surface area contributed by atoms with Gasteiger partial charge in [-0.15, -0.1) is 0 Å². The lowest BCUT2D eigenvalue weighted by Gasteiger charge is -2.36. The van der Waals surface area contributed by atoms with Crippen LogP contribution in [0.4, 0.5) is 34.1 Å². The number of hydrogen-bond donors (Lipinski definition) is 0. The maximum Gasteiger partial charge on any atom is 0.0619 e. The fourth-order valence-corrected chi connectivity index (χ4v) is 15.3. The van der Waals surface area contributed by atoms with Crippen LogP contribution in [0.5, 0.6) is 0 Å². The van der Waals surface area contributed by atoms with Crippen molar-refractivity contribution >= 4 is 55.7 Å². The Kier molecular flexibility index (Phi) is 16.3. The van der Waals surface area contributed by atoms with Crippen LogP contribution in [0.15, 0.2) is 388 Å². The van der Waals surface area contributed by atoms with Gasteiger partial charge in [0.1, 0.15) is 0 Å². The van der Waals surface area contributed by atoms with E-state index in [1.165, 1.54) is 66.8 Å². The van der Waals surface area contributed by atoms with Gasteiger partial charge in [0.15, 0.2) is 0 Å². The highest BCUT2D eigenvalue weighted by Gasteiger charge is 2.36. The van der Waals surface area contributed by atoms with Gasteiger partial charge in [-0.25, -0.2) is 0 Å². The minimum absolute atomic E-state index is 0.433. The fraction of sp³-hybridized carbons (Fsp3) is 0.0851. The van der Waals surface area contributed by atoms with Crippen LogP contribution in [0.3, 0.4) is 0 Å². The second-order valence-corrected chi connectivity index (χ2v) is 26.1. The van der Waals surface area contributed by atoms with E-state index in [0.717, 1.165) is 55.7 Å². The Morgan fingerprint density at radius 1 is 0.146 bits per heavy atom. The summed E-state index contributed by atoms with van der Waals surface area (Å²) < 4.78 is 0. The largest absolute Gasteiger partial charge is 0.309 e. The molecule has 0 fully saturated rings. The van der Waals surface area contributed by atoms with Gasteiger partial charge in [0, 0.05) is 66.0 Å². The molecule has 0 aliphatic heterocycles. The second-order valence-electron chi connectivity index (χ2n) is 26.1. The quantitative estimate of drug-likeness (QED) is 0.0480. The Balaban J connectivity index is 0.957. The molecule has 0 aromatic heterocycles. The van der Waals surface area contributed by atoms with Gasteiger partial charge < -0.3 is 9.80 Å². The molecule has 0 radical (unpaired) electrons. The van der Waals surface area contributed by atoms with E-state index < -0.39 is 21.7 Å². The Hall–Kier alpha value is -11.6. The average Bonchev–Trinajstić information content (AvgIpc) is 0.645. The van der Waals surface area contributed by atoms with Crippen molar-refractivity contribution in [2.45, 2.75) is 49.4 Å². The molecule has 0 aliphatic carbocycles. The Bertz CT molecular complexity index is 4280. The number of fused-ring (bicyclic) bond motifs is 2. The number of benzene rings is 15. The van der Waals surface area contributed by atoms with Crippen LogP contribution in [0, 0.1) is 0 Å². The predicted octanol–water partition coefficient (Wildman–Crippen LogP) is 24.3. The number of hydrogen-bond acceptors (Lipinski definition) is 2. The average molecular weight is 1230 g/mol. The summed E-state index contributed by atoms with van der Waals surface area (Å²) in [6, 6.07) is 143. The Labute approximate surface area is 566 Å². The third-order valence-corrected chi connectivity index (χ3v) is 20.9. The molecule has 96 heavy (non-hydrogen) atoms. The summed E-state index contributed by atoms with van der Waals surface area (Å²) in [7, 11) is 0. The lowest BCUT2D eigenvalue weighted by atomic mass is 9.71. The van der Waals surface area contributed by atoms with Crippen molar-refractivity contribution < 1.29 is 0 Å². The molecule has 0 spiro atoms. The zero-order chi connectivity index (χ0) is 65.1. The molecule has 0 heterocycles. The normalized spacial score (nSPS) is 12.0. The molecule has 0 atom stereocenters. The standard InChI is InChI=1S/C94H76N2/c1-91(69-33-13-5-14-34-69,70-35-15-6-16-36-70)77-53-61-81(62-54-77)95(82-63-55-78(56-64-82)92(2,71-37-17-7-18-38-71)72-39-19-8-20-40-72)89-85-49-29-31-51-87(85)90(88-52-32-30-50-86(88)89)96(83-65-57-79(58-66-83)93(3,73-41-21-9-22-42-73)74-43-23-10-24-44-74)84-67-59-80(60-68-84)94(4,75-45-25-11-26-46-75)76-47-27-12-28-48-76/h5-68H,1-4H3. The molecule has 15 rings (SSSR count). The zero-order valence-electron chi connectivity index (χ0n) is 54.8.